The second-order valence-electron chi connectivity index (χ2n) is 5.24. The Hall–Kier alpha value is -2.03. The fraction of sp³-hybridized carbons (Fsp3) is 0.267. The summed E-state index contributed by atoms with van der Waals surface area (Å²) in [5.74, 6) is 0.138. The predicted molar refractivity (Wildman–Crippen MR) is 70.3 cm³/mol. The third-order valence-electron chi connectivity index (χ3n) is 3.97. The predicted octanol–water partition coefficient (Wildman–Crippen LogP) is 2.77. The van der Waals surface area contributed by atoms with Gasteiger partial charge in [0.15, 0.2) is 0 Å². The number of nitrogens with zero attached hydrogens (tertiary/aromatic N) is 2. The number of carbonyl (C=O) groups excluding carboxylic acids is 1. The number of benzene rings is 1. The van der Waals surface area contributed by atoms with Gasteiger partial charge in [0.25, 0.3) is 5.91 Å². The molecule has 2 aromatic rings. The van der Waals surface area contributed by atoms with Gasteiger partial charge in [0.2, 0.25) is 0 Å². The second kappa shape index (κ2) is 3.25. The van der Waals surface area contributed by atoms with E-state index in [0.717, 1.165) is 24.0 Å². The average molecular weight is 238 g/mol. The van der Waals surface area contributed by atoms with Gasteiger partial charge in [-0.05, 0) is 25.5 Å². The van der Waals surface area contributed by atoms with Gasteiger partial charge in [-0.2, -0.15) is 0 Å². The number of rotatable bonds is 0. The van der Waals surface area contributed by atoms with Gasteiger partial charge < -0.3 is 9.47 Å². The Balaban J connectivity index is 1.93. The fourth-order valence-corrected chi connectivity index (χ4v) is 3.17. The molecule has 3 nitrogen and oxygen atoms in total. The van der Waals surface area contributed by atoms with Crippen LogP contribution in [0.15, 0.2) is 42.1 Å². The SMILES string of the molecule is CC1=CN2C(=O)c3cc4ccccc4n3CC2C1. The topological polar surface area (TPSA) is 25.2 Å². The van der Waals surface area contributed by atoms with Crippen LogP contribution in [0, 0.1) is 0 Å². The van der Waals surface area contributed by atoms with Gasteiger partial charge in [-0.3, -0.25) is 4.79 Å². The molecule has 90 valence electrons. The van der Waals surface area contributed by atoms with E-state index in [4.69, 9.17) is 0 Å². The number of hydrogen-bond donors (Lipinski definition) is 0. The van der Waals surface area contributed by atoms with Gasteiger partial charge >= 0.3 is 0 Å². The highest BCUT2D eigenvalue weighted by atomic mass is 16.2. The molecule has 3 heteroatoms. The van der Waals surface area contributed by atoms with Gasteiger partial charge in [0, 0.05) is 23.6 Å². The smallest absolute Gasteiger partial charge is 0.274 e. The molecule has 1 unspecified atom stereocenters. The van der Waals surface area contributed by atoms with Crippen molar-refractivity contribution in [1.29, 1.82) is 0 Å². The minimum atomic E-state index is 0.138. The third kappa shape index (κ3) is 1.16. The molecule has 0 radical (unpaired) electrons. The van der Waals surface area contributed by atoms with E-state index in [-0.39, 0.29) is 5.91 Å². The van der Waals surface area contributed by atoms with E-state index in [9.17, 15) is 4.79 Å². The zero-order valence-electron chi connectivity index (χ0n) is 10.3. The highest BCUT2D eigenvalue weighted by Crippen LogP contribution is 2.32. The van der Waals surface area contributed by atoms with Crippen LogP contribution in [0.2, 0.25) is 0 Å². The van der Waals surface area contributed by atoms with Crippen LogP contribution in [0.25, 0.3) is 10.9 Å². The van der Waals surface area contributed by atoms with Crippen molar-refractivity contribution in [2.45, 2.75) is 25.9 Å². The summed E-state index contributed by atoms with van der Waals surface area (Å²) in [6.07, 6.45) is 3.01. The van der Waals surface area contributed by atoms with Gasteiger partial charge in [-0.15, -0.1) is 0 Å². The van der Waals surface area contributed by atoms with Crippen LogP contribution in [0.3, 0.4) is 0 Å². The Bertz CT molecular complexity index is 696. The number of fused-ring (bicyclic) bond motifs is 4. The Morgan fingerprint density at radius 1 is 1.28 bits per heavy atom. The van der Waals surface area contributed by atoms with Crippen molar-refractivity contribution in [3.05, 3.63) is 47.8 Å². The van der Waals surface area contributed by atoms with Crippen LogP contribution in [0.5, 0.6) is 0 Å². The number of carbonyl (C=O) groups is 1. The minimum absolute atomic E-state index is 0.138. The van der Waals surface area contributed by atoms with Crippen molar-refractivity contribution in [3.63, 3.8) is 0 Å². The summed E-state index contributed by atoms with van der Waals surface area (Å²) in [5.41, 5.74) is 3.28. The summed E-state index contributed by atoms with van der Waals surface area (Å²) in [6.45, 7) is 3.00. The first kappa shape index (κ1) is 9.95. The van der Waals surface area contributed by atoms with E-state index >= 15 is 0 Å². The van der Waals surface area contributed by atoms with Crippen molar-refractivity contribution in [1.82, 2.24) is 9.47 Å². The van der Waals surface area contributed by atoms with Crippen molar-refractivity contribution in [2.24, 2.45) is 0 Å². The molecule has 0 bridgehead atoms. The summed E-state index contributed by atoms with van der Waals surface area (Å²) >= 11 is 0. The quantitative estimate of drug-likeness (QED) is 0.692. The third-order valence-corrected chi connectivity index (χ3v) is 3.97. The summed E-state index contributed by atoms with van der Waals surface area (Å²) < 4.78 is 2.17. The molecule has 3 heterocycles. The molecule has 18 heavy (non-hydrogen) atoms. The molecule has 0 fully saturated rings. The highest BCUT2D eigenvalue weighted by molar-refractivity contribution is 6.00. The molecule has 1 aromatic heterocycles. The lowest BCUT2D eigenvalue weighted by molar-refractivity contribution is 0.0725. The molecule has 0 spiro atoms. The maximum absolute atomic E-state index is 12.5. The largest absolute Gasteiger partial charge is 0.334 e. The molecule has 2 aliphatic heterocycles. The summed E-state index contributed by atoms with van der Waals surface area (Å²) in [7, 11) is 0. The minimum Gasteiger partial charge on any atom is -0.334 e. The molecule has 0 saturated heterocycles. The van der Waals surface area contributed by atoms with Crippen LogP contribution in [-0.2, 0) is 6.54 Å². The van der Waals surface area contributed by atoms with E-state index in [1.54, 1.807) is 0 Å². The number of para-hydroxylation sites is 1. The lowest BCUT2D eigenvalue weighted by atomic mass is 10.1. The molecule has 0 N–H and O–H groups in total. The molecule has 2 aliphatic rings. The Morgan fingerprint density at radius 3 is 3.00 bits per heavy atom. The first-order valence-electron chi connectivity index (χ1n) is 6.32. The monoisotopic (exact) mass is 238 g/mol. The first-order valence-corrected chi connectivity index (χ1v) is 6.32. The van der Waals surface area contributed by atoms with Crippen molar-refractivity contribution >= 4 is 16.8 Å². The molecule has 0 saturated carbocycles. The molecule has 1 atom stereocenters. The van der Waals surface area contributed by atoms with E-state index < -0.39 is 0 Å². The van der Waals surface area contributed by atoms with Gasteiger partial charge in [-0.25, -0.2) is 0 Å². The lowest BCUT2D eigenvalue weighted by Gasteiger charge is -2.30. The normalized spacial score (nSPS) is 22.1. The Morgan fingerprint density at radius 2 is 2.11 bits per heavy atom. The molecular weight excluding hydrogens is 224 g/mol. The van der Waals surface area contributed by atoms with Crippen molar-refractivity contribution in [3.8, 4) is 0 Å². The van der Waals surface area contributed by atoms with Crippen LogP contribution in [-0.4, -0.2) is 21.4 Å². The van der Waals surface area contributed by atoms with E-state index in [2.05, 4.69) is 23.6 Å². The maximum atomic E-state index is 12.5. The van der Waals surface area contributed by atoms with Crippen molar-refractivity contribution < 1.29 is 4.79 Å². The van der Waals surface area contributed by atoms with E-state index in [0.29, 0.717) is 6.04 Å². The van der Waals surface area contributed by atoms with Gasteiger partial charge in [0.05, 0.1) is 6.04 Å². The fourth-order valence-electron chi connectivity index (χ4n) is 3.17. The van der Waals surface area contributed by atoms with Crippen molar-refractivity contribution in [2.75, 3.05) is 0 Å². The first-order chi connectivity index (χ1) is 8.74. The zero-order chi connectivity index (χ0) is 12.3. The standard InChI is InChI=1S/C15H14N2O/c1-10-6-12-9-17-13-5-3-2-4-11(13)7-14(17)15(18)16(12)8-10/h2-5,7-8,12H,6,9H2,1H3. The second-order valence-corrected chi connectivity index (χ2v) is 5.24. The Kier molecular flexibility index (Phi) is 1.80. The molecular formula is C15H14N2O. The van der Waals surface area contributed by atoms with Gasteiger partial charge in [-0.1, -0.05) is 23.8 Å². The molecule has 1 amide bonds. The van der Waals surface area contributed by atoms with E-state index in [1.807, 2.05) is 29.3 Å². The summed E-state index contributed by atoms with van der Waals surface area (Å²) in [6, 6.07) is 10.5. The highest BCUT2D eigenvalue weighted by Gasteiger charge is 2.35. The van der Waals surface area contributed by atoms with Crippen LogP contribution in [0.4, 0.5) is 0 Å². The summed E-state index contributed by atoms with van der Waals surface area (Å²) in [5, 5.41) is 1.16. The number of amides is 1. The van der Waals surface area contributed by atoms with Crippen LogP contribution >= 0.6 is 0 Å². The van der Waals surface area contributed by atoms with Crippen LogP contribution in [0.1, 0.15) is 23.8 Å². The Labute approximate surface area is 105 Å². The lowest BCUT2D eigenvalue weighted by Crippen LogP contribution is -2.42. The zero-order valence-corrected chi connectivity index (χ0v) is 10.3. The summed E-state index contributed by atoms with van der Waals surface area (Å²) in [4.78, 5) is 14.4. The molecule has 4 rings (SSSR count). The molecule has 0 aliphatic carbocycles. The van der Waals surface area contributed by atoms with Crippen LogP contribution < -0.4 is 0 Å². The maximum Gasteiger partial charge on any atom is 0.274 e. The molecule has 1 aromatic carbocycles. The number of hydrogen-bond acceptors (Lipinski definition) is 1. The average Bonchev–Trinajstić information content (AvgIpc) is 2.91. The number of aromatic nitrogens is 1. The van der Waals surface area contributed by atoms with Gasteiger partial charge in [0.1, 0.15) is 5.69 Å². The van der Waals surface area contributed by atoms with E-state index in [1.165, 1.54) is 11.1 Å².